The molecule has 1 aromatic rings. The van der Waals surface area contributed by atoms with Crippen LogP contribution >= 0.6 is 0 Å². The summed E-state index contributed by atoms with van der Waals surface area (Å²) in [5, 5.41) is 0. The van der Waals surface area contributed by atoms with E-state index in [1.165, 1.54) is 12.1 Å². The quantitative estimate of drug-likeness (QED) is 0.776. The van der Waals surface area contributed by atoms with Crippen molar-refractivity contribution >= 4 is 10.5 Å². The molecule has 0 saturated heterocycles. The van der Waals surface area contributed by atoms with Gasteiger partial charge in [-0.25, -0.2) is 8.78 Å². The fourth-order valence-electron chi connectivity index (χ4n) is 1.45. The van der Waals surface area contributed by atoms with Crippen LogP contribution in [0.3, 0.4) is 0 Å². The summed E-state index contributed by atoms with van der Waals surface area (Å²) in [5.41, 5.74) is 0.383. The summed E-state index contributed by atoms with van der Waals surface area (Å²) in [6, 6.07) is 4.87. The fourth-order valence-corrected chi connectivity index (χ4v) is 1.79. The minimum Gasteiger partial charge on any atom is -0.358 e. The van der Waals surface area contributed by atoms with Gasteiger partial charge in [0.15, 0.2) is 0 Å². The second-order valence-corrected chi connectivity index (χ2v) is 4.52. The first-order valence-electron chi connectivity index (χ1n) is 4.40. The molecule has 0 radical (unpaired) electrons. The van der Waals surface area contributed by atoms with Crippen LogP contribution in [0.5, 0.6) is 5.75 Å². The van der Waals surface area contributed by atoms with Gasteiger partial charge < -0.3 is 4.18 Å². The first kappa shape index (κ1) is 11.3. The molecule has 1 atom stereocenters. The second-order valence-electron chi connectivity index (χ2n) is 3.56. The van der Waals surface area contributed by atoms with Gasteiger partial charge in [0.1, 0.15) is 5.75 Å². The Labute approximate surface area is 90.3 Å². The first-order valence-corrected chi connectivity index (χ1v) is 5.71. The summed E-state index contributed by atoms with van der Waals surface area (Å²) in [5.74, 6) is -3.76. The van der Waals surface area contributed by atoms with Gasteiger partial charge in [0, 0.05) is 6.42 Å². The molecule has 0 amide bonds. The van der Waals surface area contributed by atoms with Crippen molar-refractivity contribution in [1.82, 2.24) is 0 Å². The van der Waals surface area contributed by atoms with Crippen LogP contribution in [0, 0.1) is 0 Å². The van der Waals surface area contributed by atoms with Crippen molar-refractivity contribution in [2.75, 3.05) is 0 Å². The molecule has 3 nitrogen and oxygen atoms in total. The Bertz CT molecular complexity index is 495. The maximum absolute atomic E-state index is 12.7. The van der Waals surface area contributed by atoms with E-state index in [1.807, 2.05) is 0 Å². The van der Waals surface area contributed by atoms with Gasteiger partial charge in [-0.15, -0.1) is 0 Å². The van der Waals surface area contributed by atoms with Crippen molar-refractivity contribution in [1.29, 1.82) is 0 Å². The molecule has 88 valence electrons. The minimum absolute atomic E-state index is 0.214. The van der Waals surface area contributed by atoms with E-state index in [-0.39, 0.29) is 12.2 Å². The molecule has 7 heteroatoms. The minimum atomic E-state index is -5.07. The van der Waals surface area contributed by atoms with Gasteiger partial charge in [-0.05, 0) is 17.7 Å². The third-order valence-electron chi connectivity index (χ3n) is 2.30. The summed E-state index contributed by atoms with van der Waals surface area (Å²) >= 11 is 0. The normalized spacial score (nSPS) is 22.8. The monoisotopic (exact) mass is 252 g/mol. The third kappa shape index (κ3) is 2.46. The number of rotatable bonds is 3. The van der Waals surface area contributed by atoms with E-state index in [9.17, 15) is 21.1 Å². The molecule has 0 bridgehead atoms. The van der Waals surface area contributed by atoms with Gasteiger partial charge >= 0.3 is 10.5 Å². The number of halogens is 3. The van der Waals surface area contributed by atoms with E-state index in [2.05, 4.69) is 4.18 Å². The van der Waals surface area contributed by atoms with Crippen molar-refractivity contribution in [3.8, 4) is 5.75 Å². The van der Waals surface area contributed by atoms with E-state index >= 15 is 0 Å². The van der Waals surface area contributed by atoms with Crippen molar-refractivity contribution in [3.05, 3.63) is 29.8 Å². The van der Waals surface area contributed by atoms with Crippen molar-refractivity contribution in [2.24, 2.45) is 0 Å². The Morgan fingerprint density at radius 2 is 1.75 bits per heavy atom. The van der Waals surface area contributed by atoms with Gasteiger partial charge in [-0.1, -0.05) is 16.0 Å². The molecule has 0 aliphatic heterocycles. The van der Waals surface area contributed by atoms with Crippen LogP contribution in [-0.2, 0) is 10.5 Å². The van der Waals surface area contributed by atoms with Crippen LogP contribution in [0.15, 0.2) is 24.3 Å². The topological polar surface area (TPSA) is 43.4 Å². The lowest BCUT2D eigenvalue weighted by atomic mass is 10.1. The zero-order valence-corrected chi connectivity index (χ0v) is 8.68. The Balaban J connectivity index is 2.12. The second kappa shape index (κ2) is 3.38. The van der Waals surface area contributed by atoms with Gasteiger partial charge in [0.25, 0.3) is 5.92 Å². The van der Waals surface area contributed by atoms with Gasteiger partial charge in [0.2, 0.25) is 0 Å². The molecule has 1 unspecified atom stereocenters. The molecule has 0 N–H and O–H groups in total. The summed E-state index contributed by atoms with van der Waals surface area (Å²) in [6.45, 7) is 0. The Kier molecular flexibility index (Phi) is 2.37. The van der Waals surface area contributed by atoms with Crippen LogP contribution in [-0.4, -0.2) is 14.3 Å². The average Bonchev–Trinajstić information content (AvgIpc) is 2.73. The van der Waals surface area contributed by atoms with E-state index < -0.39 is 22.3 Å². The zero-order valence-electron chi connectivity index (χ0n) is 7.86. The Hall–Kier alpha value is -1.24. The van der Waals surface area contributed by atoms with Crippen LogP contribution in [0.1, 0.15) is 17.9 Å². The molecule has 0 aromatic heterocycles. The van der Waals surface area contributed by atoms with Gasteiger partial charge in [0.05, 0.1) is 5.92 Å². The Morgan fingerprint density at radius 1 is 1.25 bits per heavy atom. The van der Waals surface area contributed by atoms with Crippen molar-refractivity contribution in [2.45, 2.75) is 18.3 Å². The molecule has 1 saturated carbocycles. The SMILES string of the molecule is O=S(=O)(F)Oc1ccc(C2CC2(F)F)cc1. The number of hydrogen-bond acceptors (Lipinski definition) is 3. The maximum Gasteiger partial charge on any atom is 0.488 e. The highest BCUT2D eigenvalue weighted by atomic mass is 32.3. The lowest BCUT2D eigenvalue weighted by Gasteiger charge is -2.02. The van der Waals surface area contributed by atoms with Crippen LogP contribution < -0.4 is 4.18 Å². The standard InChI is InChI=1S/C9H7F3O3S/c10-9(11)5-8(9)6-1-3-7(4-2-6)15-16(12,13)14/h1-4,8H,5H2. The predicted octanol–water partition coefficient (Wildman–Crippen LogP) is 2.40. The highest BCUT2D eigenvalue weighted by Crippen LogP contribution is 2.55. The van der Waals surface area contributed by atoms with E-state index in [0.29, 0.717) is 5.56 Å². The molecule has 1 fully saturated rings. The van der Waals surface area contributed by atoms with E-state index in [0.717, 1.165) is 12.1 Å². The van der Waals surface area contributed by atoms with E-state index in [1.54, 1.807) is 0 Å². The molecule has 1 aliphatic carbocycles. The third-order valence-corrected chi connectivity index (χ3v) is 2.70. The number of alkyl halides is 2. The summed E-state index contributed by atoms with van der Waals surface area (Å²) in [4.78, 5) is 0. The molecule has 0 spiro atoms. The first-order chi connectivity index (χ1) is 7.28. The predicted molar refractivity (Wildman–Crippen MR) is 49.4 cm³/mol. The smallest absolute Gasteiger partial charge is 0.358 e. The molecule has 0 heterocycles. The Morgan fingerprint density at radius 3 is 2.12 bits per heavy atom. The molecule has 2 rings (SSSR count). The van der Waals surface area contributed by atoms with E-state index in [4.69, 9.17) is 0 Å². The summed E-state index contributed by atoms with van der Waals surface area (Å²) < 4.78 is 61.6. The van der Waals surface area contributed by atoms with Crippen molar-refractivity contribution in [3.63, 3.8) is 0 Å². The summed E-state index contributed by atoms with van der Waals surface area (Å²) in [6.07, 6.45) is -0.214. The molecule has 1 aliphatic rings. The fraction of sp³-hybridized carbons (Fsp3) is 0.333. The van der Waals surface area contributed by atoms with Crippen LogP contribution in [0.25, 0.3) is 0 Å². The summed E-state index contributed by atoms with van der Waals surface area (Å²) in [7, 11) is -5.07. The highest BCUT2D eigenvalue weighted by Gasteiger charge is 2.57. The maximum atomic E-state index is 12.7. The van der Waals surface area contributed by atoms with Gasteiger partial charge in [-0.3, -0.25) is 0 Å². The number of benzene rings is 1. The molecule has 1 aromatic carbocycles. The largest absolute Gasteiger partial charge is 0.488 e. The highest BCUT2D eigenvalue weighted by molar-refractivity contribution is 7.81. The molecular formula is C9H7F3O3S. The number of hydrogen-bond donors (Lipinski definition) is 0. The van der Waals surface area contributed by atoms with Crippen molar-refractivity contribution < 1.29 is 25.3 Å². The zero-order chi connectivity index (χ0) is 12.0. The molecule has 16 heavy (non-hydrogen) atoms. The lowest BCUT2D eigenvalue weighted by molar-refractivity contribution is 0.112. The molecular weight excluding hydrogens is 245 g/mol. The van der Waals surface area contributed by atoms with Crippen LogP contribution in [0.2, 0.25) is 0 Å². The van der Waals surface area contributed by atoms with Gasteiger partial charge in [-0.2, -0.15) is 8.42 Å². The average molecular weight is 252 g/mol. The lowest BCUT2D eigenvalue weighted by Crippen LogP contribution is -2.01. The van der Waals surface area contributed by atoms with Crippen LogP contribution in [0.4, 0.5) is 12.7 Å².